The zero-order valence-corrected chi connectivity index (χ0v) is 15.3. The number of nitrogens with one attached hydrogen (secondary N) is 2. The van der Waals surface area contributed by atoms with Crippen molar-refractivity contribution in [2.75, 3.05) is 6.61 Å². The first-order chi connectivity index (χ1) is 12.2. The molecule has 0 unspecified atom stereocenters. The van der Waals surface area contributed by atoms with Gasteiger partial charge in [-0.15, -0.1) is 0 Å². The summed E-state index contributed by atoms with van der Waals surface area (Å²) in [6.45, 7) is 2.65. The van der Waals surface area contributed by atoms with Crippen molar-refractivity contribution < 1.29 is 4.74 Å². The van der Waals surface area contributed by atoms with Crippen molar-refractivity contribution >= 4 is 23.5 Å². The molecule has 0 saturated heterocycles. The molecular formula is C20H25N3OS. The van der Waals surface area contributed by atoms with Gasteiger partial charge in [-0.25, -0.2) is 0 Å². The lowest BCUT2D eigenvalue weighted by Gasteiger charge is -2.32. The number of nitrogens with zero attached hydrogens (tertiary/aromatic N) is 1. The molecule has 2 bridgehead atoms. The molecule has 1 aromatic rings. The summed E-state index contributed by atoms with van der Waals surface area (Å²) in [6.07, 6.45) is 10.5. The van der Waals surface area contributed by atoms with Crippen LogP contribution in [0, 0.1) is 23.7 Å². The van der Waals surface area contributed by atoms with Crippen molar-refractivity contribution in [3.8, 4) is 5.75 Å². The van der Waals surface area contributed by atoms with Gasteiger partial charge in [0.2, 0.25) is 0 Å². The molecule has 2 fully saturated rings. The molecule has 0 amide bonds. The Morgan fingerprint density at radius 3 is 2.92 bits per heavy atom. The standard InChI is InChI=1S/C20H25N3OS/c1-2-24-15-8-6-13(7-9-15)12-21-23-20(25)22-19-11-14-10-18(19)17-5-3-4-16(14)17/h3,5-9,12,14,16-19H,2,4,10-11H2,1H3,(H2,22,23,25)/b21-12-/t14-,16+,17+,18+,19-/m1/s1. The quantitative estimate of drug-likeness (QED) is 0.367. The molecule has 5 atom stereocenters. The third kappa shape index (κ3) is 3.43. The lowest BCUT2D eigenvalue weighted by molar-refractivity contribution is 0.246. The van der Waals surface area contributed by atoms with E-state index in [1.807, 2.05) is 31.2 Å². The lowest BCUT2D eigenvalue weighted by Crippen LogP contribution is -2.45. The van der Waals surface area contributed by atoms with Crippen LogP contribution in [-0.4, -0.2) is 24.0 Å². The molecule has 0 aliphatic heterocycles. The van der Waals surface area contributed by atoms with E-state index in [9.17, 15) is 0 Å². The number of benzene rings is 1. The van der Waals surface area contributed by atoms with Gasteiger partial charge in [-0.3, -0.25) is 5.43 Å². The van der Waals surface area contributed by atoms with E-state index < -0.39 is 0 Å². The molecule has 132 valence electrons. The van der Waals surface area contributed by atoms with E-state index in [1.165, 1.54) is 19.3 Å². The molecule has 0 heterocycles. The third-order valence-corrected chi connectivity index (χ3v) is 6.11. The number of hydrogen-bond acceptors (Lipinski definition) is 3. The van der Waals surface area contributed by atoms with E-state index in [0.29, 0.717) is 17.8 Å². The number of hydrogen-bond donors (Lipinski definition) is 2. The second-order valence-corrected chi connectivity index (χ2v) is 7.66. The summed E-state index contributed by atoms with van der Waals surface area (Å²) in [5, 5.41) is 8.37. The number of rotatable bonds is 5. The van der Waals surface area contributed by atoms with Gasteiger partial charge < -0.3 is 10.1 Å². The molecular weight excluding hydrogens is 330 g/mol. The summed E-state index contributed by atoms with van der Waals surface area (Å²) < 4.78 is 5.44. The number of hydrazone groups is 1. The van der Waals surface area contributed by atoms with E-state index in [2.05, 4.69) is 28.0 Å². The number of fused-ring (bicyclic) bond motifs is 5. The second kappa shape index (κ2) is 7.16. The smallest absolute Gasteiger partial charge is 0.187 e. The summed E-state index contributed by atoms with van der Waals surface area (Å²) in [4.78, 5) is 0. The SMILES string of the molecule is CCOc1ccc(/C=N\NC(=S)N[C@@H]2C[C@H]3C[C@H]2[C@H]2C=CC[C@@H]32)cc1. The predicted octanol–water partition coefficient (Wildman–Crippen LogP) is 3.48. The largest absolute Gasteiger partial charge is 0.494 e. The van der Waals surface area contributed by atoms with Crippen LogP contribution in [-0.2, 0) is 0 Å². The summed E-state index contributed by atoms with van der Waals surface area (Å²) in [5.74, 6) is 4.16. The fraction of sp³-hybridized carbons (Fsp3) is 0.500. The molecule has 2 saturated carbocycles. The summed E-state index contributed by atoms with van der Waals surface area (Å²) in [6, 6.07) is 8.35. The maximum absolute atomic E-state index is 5.44. The Morgan fingerprint density at radius 1 is 1.28 bits per heavy atom. The van der Waals surface area contributed by atoms with Crippen LogP contribution < -0.4 is 15.5 Å². The van der Waals surface area contributed by atoms with E-state index in [0.717, 1.165) is 35.0 Å². The molecule has 0 aromatic heterocycles. The number of ether oxygens (including phenoxy) is 1. The molecule has 0 spiro atoms. The van der Waals surface area contributed by atoms with Crippen LogP contribution in [0.5, 0.6) is 5.75 Å². The minimum atomic E-state index is 0.495. The maximum atomic E-state index is 5.44. The molecule has 5 heteroatoms. The Morgan fingerprint density at radius 2 is 2.12 bits per heavy atom. The van der Waals surface area contributed by atoms with Gasteiger partial charge in [-0.2, -0.15) is 5.10 Å². The van der Waals surface area contributed by atoms with Crippen LogP contribution in [0.3, 0.4) is 0 Å². The fourth-order valence-corrected chi connectivity index (χ4v) is 5.10. The van der Waals surface area contributed by atoms with Gasteiger partial charge in [-0.1, -0.05) is 12.2 Å². The minimum absolute atomic E-state index is 0.495. The van der Waals surface area contributed by atoms with E-state index >= 15 is 0 Å². The van der Waals surface area contributed by atoms with Gasteiger partial charge in [0, 0.05) is 6.04 Å². The van der Waals surface area contributed by atoms with Crippen molar-refractivity contribution in [1.29, 1.82) is 0 Å². The van der Waals surface area contributed by atoms with Crippen molar-refractivity contribution in [2.24, 2.45) is 28.8 Å². The summed E-state index contributed by atoms with van der Waals surface area (Å²) >= 11 is 5.42. The van der Waals surface area contributed by atoms with E-state index in [1.54, 1.807) is 6.21 Å². The second-order valence-electron chi connectivity index (χ2n) is 7.25. The van der Waals surface area contributed by atoms with Crippen LogP contribution in [0.15, 0.2) is 41.5 Å². The van der Waals surface area contributed by atoms with E-state index in [4.69, 9.17) is 17.0 Å². The molecule has 3 aliphatic rings. The van der Waals surface area contributed by atoms with Crippen molar-refractivity contribution in [1.82, 2.24) is 10.7 Å². The highest BCUT2D eigenvalue weighted by Gasteiger charge is 2.52. The average molecular weight is 356 g/mol. The summed E-state index contributed by atoms with van der Waals surface area (Å²) in [5.41, 5.74) is 3.97. The number of thiocarbonyl (C=S) groups is 1. The minimum Gasteiger partial charge on any atom is -0.494 e. The van der Waals surface area contributed by atoms with E-state index in [-0.39, 0.29) is 0 Å². The molecule has 4 rings (SSSR count). The Labute approximate surface area is 154 Å². The molecule has 4 nitrogen and oxygen atoms in total. The van der Waals surface area contributed by atoms with Gasteiger partial charge in [0.1, 0.15) is 5.75 Å². The Kier molecular flexibility index (Phi) is 4.75. The third-order valence-electron chi connectivity index (χ3n) is 5.90. The molecule has 2 N–H and O–H groups in total. The van der Waals surface area contributed by atoms with Gasteiger partial charge in [0.05, 0.1) is 12.8 Å². The fourth-order valence-electron chi connectivity index (χ4n) is 4.89. The lowest BCUT2D eigenvalue weighted by atomic mass is 9.79. The van der Waals surface area contributed by atoms with Crippen LogP contribution in [0.2, 0.25) is 0 Å². The first-order valence-corrected chi connectivity index (χ1v) is 9.64. The topological polar surface area (TPSA) is 45.6 Å². The van der Waals surface area contributed by atoms with Crippen molar-refractivity contribution in [3.05, 3.63) is 42.0 Å². The highest BCUT2D eigenvalue weighted by molar-refractivity contribution is 7.80. The molecule has 3 aliphatic carbocycles. The van der Waals surface area contributed by atoms with Crippen LogP contribution in [0.1, 0.15) is 31.7 Å². The first kappa shape index (κ1) is 16.6. The van der Waals surface area contributed by atoms with Crippen molar-refractivity contribution in [2.45, 2.75) is 32.2 Å². The maximum Gasteiger partial charge on any atom is 0.187 e. The van der Waals surface area contributed by atoms with Gasteiger partial charge in [0.15, 0.2) is 5.11 Å². The predicted molar refractivity (Wildman–Crippen MR) is 105 cm³/mol. The zero-order chi connectivity index (χ0) is 17.2. The highest BCUT2D eigenvalue weighted by Crippen LogP contribution is 2.56. The molecule has 1 aromatic carbocycles. The molecule has 25 heavy (non-hydrogen) atoms. The highest BCUT2D eigenvalue weighted by atomic mass is 32.1. The Bertz CT molecular complexity index is 685. The van der Waals surface area contributed by atoms with Gasteiger partial charge in [0.25, 0.3) is 0 Å². The van der Waals surface area contributed by atoms with Crippen molar-refractivity contribution in [3.63, 3.8) is 0 Å². The Balaban J connectivity index is 1.26. The summed E-state index contributed by atoms with van der Waals surface area (Å²) in [7, 11) is 0. The zero-order valence-electron chi connectivity index (χ0n) is 14.5. The number of allylic oxidation sites excluding steroid dienone is 2. The molecule has 0 radical (unpaired) electrons. The van der Waals surface area contributed by atoms with Gasteiger partial charge >= 0.3 is 0 Å². The monoisotopic (exact) mass is 355 g/mol. The van der Waals surface area contributed by atoms with Crippen LogP contribution in [0.25, 0.3) is 0 Å². The Hall–Kier alpha value is -1.88. The van der Waals surface area contributed by atoms with Gasteiger partial charge in [-0.05, 0) is 91.9 Å². The average Bonchev–Trinajstić information content (AvgIpc) is 3.29. The van der Waals surface area contributed by atoms with Crippen LogP contribution >= 0.6 is 12.2 Å². The van der Waals surface area contributed by atoms with Crippen LogP contribution in [0.4, 0.5) is 0 Å². The first-order valence-electron chi connectivity index (χ1n) is 9.23. The normalized spacial score (nSPS) is 32.1.